The molecule has 0 fully saturated rings. The molecule has 0 aliphatic rings. The number of rotatable bonds is 11. The van der Waals surface area contributed by atoms with Crippen LogP contribution in [0.25, 0.3) is 11.1 Å². The predicted molar refractivity (Wildman–Crippen MR) is 154 cm³/mol. The third-order valence-corrected chi connectivity index (χ3v) is 7.24. The van der Waals surface area contributed by atoms with E-state index in [1.807, 2.05) is 12.1 Å². The second-order valence-corrected chi connectivity index (χ2v) is 9.91. The van der Waals surface area contributed by atoms with Crippen LogP contribution in [0.5, 0.6) is 11.5 Å². The minimum absolute atomic E-state index is 0.226. The van der Waals surface area contributed by atoms with Crippen LogP contribution >= 0.6 is 11.6 Å². The van der Waals surface area contributed by atoms with E-state index in [1.54, 1.807) is 54.6 Å². The third kappa shape index (κ3) is 7.14. The molecule has 4 aromatic carbocycles. The zero-order valence-electron chi connectivity index (χ0n) is 21.3. The number of ether oxygens (including phenoxy) is 2. The lowest BCUT2D eigenvalue weighted by atomic mass is 10.1. The highest BCUT2D eigenvalue weighted by molar-refractivity contribution is 7.92. The molecule has 0 bridgehead atoms. The topological polar surface area (TPSA) is 94.7 Å². The zero-order chi connectivity index (χ0) is 27.8. The monoisotopic (exact) mass is 567 g/mol. The van der Waals surface area contributed by atoms with Gasteiger partial charge in [-0.2, -0.15) is 0 Å². The van der Waals surface area contributed by atoms with Gasteiger partial charge < -0.3 is 24.7 Å². The van der Waals surface area contributed by atoms with Crippen LogP contribution in [-0.4, -0.2) is 37.8 Å². The van der Waals surface area contributed by atoms with Gasteiger partial charge >= 0.3 is 0 Å². The Kier molecular flexibility index (Phi) is 9.54. The number of amides is 1. The van der Waals surface area contributed by atoms with Crippen molar-refractivity contribution in [3.8, 4) is 22.6 Å². The van der Waals surface area contributed by atoms with Crippen molar-refractivity contribution >= 4 is 40.2 Å². The van der Waals surface area contributed by atoms with Crippen LogP contribution in [0.15, 0.2) is 89.8 Å². The van der Waals surface area contributed by atoms with Crippen LogP contribution < -0.4 is 24.8 Å². The summed E-state index contributed by atoms with van der Waals surface area (Å²) in [6, 6.07) is 23.4. The predicted octanol–water partition coefficient (Wildman–Crippen LogP) is 6.14. The summed E-state index contributed by atoms with van der Waals surface area (Å²) < 4.78 is 40.8. The van der Waals surface area contributed by atoms with Gasteiger partial charge in [-0.05, 0) is 60.2 Å². The molecule has 39 heavy (non-hydrogen) atoms. The van der Waals surface area contributed by atoms with Gasteiger partial charge in [0, 0.05) is 35.4 Å². The number of benzene rings is 4. The molecule has 202 valence electrons. The molecule has 0 spiro atoms. The SMILES string of the molecule is COc1ccccc1C(=O)NCCNc1cccc(N[S+]([O-])c2cc(-c3cc(F)ccc3Cl)ccc2OC)c1. The molecule has 0 aliphatic carbocycles. The van der Waals surface area contributed by atoms with Gasteiger partial charge in [-0.15, -0.1) is 0 Å². The molecule has 3 N–H and O–H groups in total. The number of carbonyl (C=O) groups is 1. The Hall–Kier alpha value is -3.92. The first-order valence-electron chi connectivity index (χ1n) is 12.0. The van der Waals surface area contributed by atoms with Crippen molar-refractivity contribution in [3.05, 3.63) is 101 Å². The summed E-state index contributed by atoms with van der Waals surface area (Å²) in [7, 11) is 3.01. The quantitative estimate of drug-likeness (QED) is 0.149. The zero-order valence-corrected chi connectivity index (χ0v) is 22.9. The fourth-order valence-electron chi connectivity index (χ4n) is 3.87. The van der Waals surface area contributed by atoms with Crippen molar-refractivity contribution in [3.63, 3.8) is 0 Å². The number of anilines is 2. The molecule has 4 rings (SSSR count). The highest BCUT2D eigenvalue weighted by Gasteiger charge is 2.21. The van der Waals surface area contributed by atoms with Crippen molar-refractivity contribution < 1.29 is 23.2 Å². The Labute approximate surface area is 234 Å². The van der Waals surface area contributed by atoms with Crippen molar-refractivity contribution in [2.45, 2.75) is 4.90 Å². The van der Waals surface area contributed by atoms with Gasteiger partial charge in [0.2, 0.25) is 4.90 Å². The van der Waals surface area contributed by atoms with Crippen molar-refractivity contribution in [1.29, 1.82) is 0 Å². The molecule has 0 heterocycles. The average molecular weight is 568 g/mol. The fourth-order valence-corrected chi connectivity index (χ4v) is 5.12. The van der Waals surface area contributed by atoms with Gasteiger partial charge in [-0.3, -0.25) is 4.79 Å². The highest BCUT2D eigenvalue weighted by Crippen LogP contribution is 2.34. The summed E-state index contributed by atoms with van der Waals surface area (Å²) in [6.07, 6.45) is 0. The molecule has 10 heteroatoms. The van der Waals surface area contributed by atoms with Crippen molar-refractivity contribution in [1.82, 2.24) is 5.32 Å². The molecule has 7 nitrogen and oxygen atoms in total. The first kappa shape index (κ1) is 28.1. The van der Waals surface area contributed by atoms with E-state index in [1.165, 1.54) is 32.4 Å². The molecule has 4 aromatic rings. The fraction of sp³-hybridized carbons (Fsp3) is 0.138. The first-order chi connectivity index (χ1) is 18.9. The summed E-state index contributed by atoms with van der Waals surface area (Å²) in [6.45, 7) is 0.852. The Morgan fingerprint density at radius 2 is 1.67 bits per heavy atom. The molecule has 0 saturated carbocycles. The van der Waals surface area contributed by atoms with Gasteiger partial charge in [-0.1, -0.05) is 35.9 Å². The number of para-hydroxylation sites is 1. The van der Waals surface area contributed by atoms with E-state index in [2.05, 4.69) is 15.4 Å². The second-order valence-electron chi connectivity index (χ2n) is 8.32. The molecule has 0 saturated heterocycles. The number of hydrogen-bond acceptors (Lipinski definition) is 6. The van der Waals surface area contributed by atoms with Crippen LogP contribution in [-0.2, 0) is 11.4 Å². The molecule has 1 unspecified atom stereocenters. The van der Waals surface area contributed by atoms with E-state index in [-0.39, 0.29) is 5.91 Å². The molecular weight excluding hydrogens is 541 g/mol. The number of halogens is 2. The summed E-state index contributed by atoms with van der Waals surface area (Å²) in [4.78, 5) is 12.8. The first-order valence-corrected chi connectivity index (χ1v) is 13.5. The van der Waals surface area contributed by atoms with Crippen molar-refractivity contribution in [2.24, 2.45) is 0 Å². The Balaban J connectivity index is 1.39. The molecule has 0 aromatic heterocycles. The lowest BCUT2D eigenvalue weighted by molar-refractivity contribution is 0.0952. The van der Waals surface area contributed by atoms with Crippen LogP contribution in [0.3, 0.4) is 0 Å². The Morgan fingerprint density at radius 1 is 0.897 bits per heavy atom. The maximum Gasteiger partial charge on any atom is 0.255 e. The molecule has 0 aliphatic heterocycles. The van der Waals surface area contributed by atoms with Gasteiger partial charge in [0.25, 0.3) is 5.91 Å². The van der Waals surface area contributed by atoms with Crippen LogP contribution in [0, 0.1) is 5.82 Å². The average Bonchev–Trinajstić information content (AvgIpc) is 2.96. The number of hydrogen-bond donors (Lipinski definition) is 3. The van der Waals surface area contributed by atoms with E-state index in [9.17, 15) is 13.7 Å². The molecule has 1 amide bonds. The van der Waals surface area contributed by atoms with Crippen LogP contribution in [0.4, 0.5) is 15.8 Å². The number of nitrogens with one attached hydrogen (secondary N) is 3. The summed E-state index contributed by atoms with van der Waals surface area (Å²) in [5, 5.41) is 6.48. The minimum Gasteiger partial charge on any atom is -0.588 e. The van der Waals surface area contributed by atoms with E-state index < -0.39 is 17.2 Å². The summed E-state index contributed by atoms with van der Waals surface area (Å²) >= 11 is 4.58. The minimum atomic E-state index is -1.70. The number of methoxy groups -OCH3 is 2. The lowest BCUT2D eigenvalue weighted by Gasteiger charge is -2.16. The maximum absolute atomic E-state index is 13.8. The Morgan fingerprint density at radius 3 is 2.46 bits per heavy atom. The lowest BCUT2D eigenvalue weighted by Crippen LogP contribution is -2.29. The molecule has 1 atom stereocenters. The largest absolute Gasteiger partial charge is 0.588 e. The third-order valence-electron chi connectivity index (χ3n) is 5.77. The molecule has 0 radical (unpaired) electrons. The van der Waals surface area contributed by atoms with E-state index in [0.29, 0.717) is 56.9 Å². The summed E-state index contributed by atoms with van der Waals surface area (Å²) in [5.41, 5.74) is 2.94. The highest BCUT2D eigenvalue weighted by atomic mass is 35.5. The standard InChI is InChI=1S/C29H27ClFN3O4S/c1-37-26-9-4-3-8-23(26)29(35)33-15-14-32-21-6-5-7-22(18-21)34-39(36)28-16-19(10-13-27(28)38-2)24-17-20(31)11-12-25(24)30/h3-13,16-18,32,34H,14-15H2,1-2H3,(H,33,35). The smallest absolute Gasteiger partial charge is 0.255 e. The van der Waals surface area contributed by atoms with E-state index >= 15 is 0 Å². The van der Waals surface area contributed by atoms with Gasteiger partial charge in [0.05, 0.1) is 25.5 Å². The normalized spacial score (nSPS) is 11.4. The van der Waals surface area contributed by atoms with Gasteiger partial charge in [0.1, 0.15) is 22.9 Å². The Bertz CT molecular complexity index is 1460. The number of carbonyl (C=O) groups excluding carboxylic acids is 1. The van der Waals surface area contributed by atoms with Crippen LogP contribution in [0.1, 0.15) is 10.4 Å². The van der Waals surface area contributed by atoms with Crippen LogP contribution in [0.2, 0.25) is 5.02 Å². The maximum atomic E-state index is 13.8. The van der Waals surface area contributed by atoms with E-state index in [0.717, 1.165) is 5.69 Å². The van der Waals surface area contributed by atoms with E-state index in [4.69, 9.17) is 21.1 Å². The van der Waals surface area contributed by atoms with Gasteiger partial charge in [-0.25, -0.2) is 9.11 Å². The summed E-state index contributed by atoms with van der Waals surface area (Å²) in [5.74, 6) is 0.276. The second kappa shape index (κ2) is 13.2. The molecular formula is C29H27ClFN3O4S. The van der Waals surface area contributed by atoms with Crippen molar-refractivity contribution in [2.75, 3.05) is 37.3 Å². The van der Waals surface area contributed by atoms with Gasteiger partial charge in [0.15, 0.2) is 5.75 Å².